The van der Waals surface area contributed by atoms with Gasteiger partial charge in [0.05, 0.1) is 16.0 Å². The van der Waals surface area contributed by atoms with Gasteiger partial charge in [-0.3, -0.25) is 0 Å². The van der Waals surface area contributed by atoms with Crippen LogP contribution in [0.2, 0.25) is 0 Å². The maximum absolute atomic E-state index is 11.5. The van der Waals surface area contributed by atoms with Gasteiger partial charge in [-0.15, -0.1) is 0 Å². The molecule has 0 aliphatic carbocycles. The van der Waals surface area contributed by atoms with Gasteiger partial charge in [0.1, 0.15) is 0 Å². The Morgan fingerprint density at radius 2 is 1.76 bits per heavy atom. The van der Waals surface area contributed by atoms with Gasteiger partial charge >= 0.3 is 11.9 Å². The second kappa shape index (κ2) is 4.52. The molecule has 0 aliphatic rings. The van der Waals surface area contributed by atoms with Crippen molar-refractivity contribution in [1.82, 2.24) is 4.72 Å². The highest BCUT2D eigenvalue weighted by molar-refractivity contribution is 7.89. The molecular weight excluding hydrogens is 250 g/mol. The van der Waals surface area contributed by atoms with Crippen LogP contribution in [-0.2, 0) is 10.0 Å². The van der Waals surface area contributed by atoms with E-state index >= 15 is 0 Å². The van der Waals surface area contributed by atoms with E-state index in [4.69, 9.17) is 10.2 Å². The van der Waals surface area contributed by atoms with Crippen molar-refractivity contribution in [2.45, 2.75) is 4.90 Å². The third-order valence-electron chi connectivity index (χ3n) is 2.02. The minimum Gasteiger partial charge on any atom is -0.478 e. The topological polar surface area (TPSA) is 121 Å². The maximum Gasteiger partial charge on any atom is 0.337 e. The zero-order valence-electron chi connectivity index (χ0n) is 8.67. The Morgan fingerprint density at radius 1 is 1.18 bits per heavy atom. The van der Waals surface area contributed by atoms with Crippen LogP contribution in [0.3, 0.4) is 0 Å². The number of hydrogen-bond acceptors (Lipinski definition) is 4. The molecule has 0 saturated carbocycles. The second-order valence-electron chi connectivity index (χ2n) is 3.03. The number of sulfonamides is 1. The molecular formula is C9H9NO6S. The standard InChI is InChI=1S/C9H9NO6S/c1-10-17(15,16)7-4-5(8(11)12)2-3-6(7)9(13)14/h2-4,10H,1H3,(H,11,12)(H,13,14). The Morgan fingerprint density at radius 3 is 2.18 bits per heavy atom. The third-order valence-corrected chi connectivity index (χ3v) is 3.47. The first-order chi connectivity index (χ1) is 7.79. The molecule has 0 fully saturated rings. The fourth-order valence-corrected chi connectivity index (χ4v) is 2.11. The molecule has 0 unspecified atom stereocenters. The van der Waals surface area contributed by atoms with Gasteiger partial charge in [-0.1, -0.05) is 0 Å². The summed E-state index contributed by atoms with van der Waals surface area (Å²) in [5.41, 5.74) is -0.784. The Balaban J connectivity index is 3.58. The predicted molar refractivity (Wildman–Crippen MR) is 56.6 cm³/mol. The summed E-state index contributed by atoms with van der Waals surface area (Å²) in [7, 11) is -2.92. The molecule has 0 aliphatic heterocycles. The Bertz CT molecular complexity index is 577. The smallest absolute Gasteiger partial charge is 0.337 e. The number of hydrogen-bond donors (Lipinski definition) is 3. The van der Waals surface area contributed by atoms with E-state index in [0.717, 1.165) is 25.2 Å². The molecule has 0 atom stereocenters. The van der Waals surface area contributed by atoms with E-state index in [-0.39, 0.29) is 5.56 Å². The lowest BCUT2D eigenvalue weighted by atomic mass is 10.1. The van der Waals surface area contributed by atoms with Crippen molar-refractivity contribution in [2.24, 2.45) is 0 Å². The number of rotatable bonds is 4. The van der Waals surface area contributed by atoms with Gasteiger partial charge in [0.15, 0.2) is 0 Å². The van der Waals surface area contributed by atoms with Crippen LogP contribution >= 0.6 is 0 Å². The molecule has 1 rings (SSSR count). The SMILES string of the molecule is CNS(=O)(=O)c1cc(C(=O)O)ccc1C(=O)O. The van der Waals surface area contributed by atoms with E-state index in [0.29, 0.717) is 0 Å². The van der Waals surface area contributed by atoms with E-state index in [1.165, 1.54) is 0 Å². The fourth-order valence-electron chi connectivity index (χ4n) is 1.16. The van der Waals surface area contributed by atoms with Crippen LogP contribution in [-0.4, -0.2) is 37.6 Å². The molecule has 92 valence electrons. The van der Waals surface area contributed by atoms with Crippen LogP contribution in [0, 0.1) is 0 Å². The van der Waals surface area contributed by atoms with Crippen LogP contribution in [0.25, 0.3) is 0 Å². The lowest BCUT2D eigenvalue weighted by Gasteiger charge is -2.07. The molecule has 3 N–H and O–H groups in total. The maximum atomic E-state index is 11.5. The van der Waals surface area contributed by atoms with Crippen molar-refractivity contribution in [1.29, 1.82) is 0 Å². The fraction of sp³-hybridized carbons (Fsp3) is 0.111. The zero-order chi connectivity index (χ0) is 13.2. The molecule has 0 aromatic heterocycles. The minimum atomic E-state index is -4.02. The van der Waals surface area contributed by atoms with Crippen molar-refractivity contribution in [3.63, 3.8) is 0 Å². The van der Waals surface area contributed by atoms with Gasteiger partial charge in [-0.2, -0.15) is 0 Å². The van der Waals surface area contributed by atoms with E-state index in [1.54, 1.807) is 0 Å². The van der Waals surface area contributed by atoms with Crippen molar-refractivity contribution < 1.29 is 28.2 Å². The van der Waals surface area contributed by atoms with Gasteiger partial charge in [0, 0.05) is 0 Å². The van der Waals surface area contributed by atoms with Crippen LogP contribution in [0.5, 0.6) is 0 Å². The lowest BCUT2D eigenvalue weighted by molar-refractivity contribution is 0.0678. The number of carboxylic acids is 2. The summed E-state index contributed by atoms with van der Waals surface area (Å²) in [5, 5.41) is 17.5. The second-order valence-corrected chi connectivity index (χ2v) is 4.88. The minimum absolute atomic E-state index is 0.302. The highest BCUT2D eigenvalue weighted by Crippen LogP contribution is 2.17. The third kappa shape index (κ3) is 2.60. The first-order valence-electron chi connectivity index (χ1n) is 4.34. The number of nitrogens with one attached hydrogen (secondary N) is 1. The largest absolute Gasteiger partial charge is 0.478 e. The average molecular weight is 259 g/mol. The highest BCUT2D eigenvalue weighted by atomic mass is 32.2. The number of carboxylic acid groups (broad SMARTS) is 2. The van der Waals surface area contributed by atoms with E-state index in [2.05, 4.69) is 0 Å². The molecule has 1 aromatic rings. The predicted octanol–water partition coefficient (Wildman–Crippen LogP) is -0.00890. The van der Waals surface area contributed by atoms with E-state index < -0.39 is 32.4 Å². The number of carbonyl (C=O) groups is 2. The quantitative estimate of drug-likeness (QED) is 0.699. The molecule has 1 aromatic carbocycles. The summed E-state index contributed by atoms with van der Waals surface area (Å²) < 4.78 is 25.0. The summed E-state index contributed by atoms with van der Waals surface area (Å²) in [4.78, 5) is 20.9. The number of benzene rings is 1. The Hall–Kier alpha value is -1.93. The monoisotopic (exact) mass is 259 g/mol. The first-order valence-corrected chi connectivity index (χ1v) is 5.82. The molecule has 17 heavy (non-hydrogen) atoms. The lowest BCUT2D eigenvalue weighted by Crippen LogP contribution is -2.22. The van der Waals surface area contributed by atoms with Crippen LogP contribution < -0.4 is 4.72 Å². The summed E-state index contributed by atoms with van der Waals surface area (Å²) in [5.74, 6) is -2.79. The molecule has 0 spiro atoms. The molecule has 0 amide bonds. The van der Waals surface area contributed by atoms with Gasteiger partial charge in [0.25, 0.3) is 0 Å². The normalized spacial score (nSPS) is 11.1. The molecule has 0 radical (unpaired) electrons. The molecule has 0 saturated heterocycles. The van der Waals surface area contributed by atoms with Gasteiger partial charge < -0.3 is 10.2 Å². The molecule has 8 heteroatoms. The van der Waals surface area contributed by atoms with Gasteiger partial charge in [0.2, 0.25) is 10.0 Å². The first kappa shape index (κ1) is 13.1. The van der Waals surface area contributed by atoms with Crippen molar-refractivity contribution in [3.05, 3.63) is 29.3 Å². The van der Waals surface area contributed by atoms with Crippen LogP contribution in [0.4, 0.5) is 0 Å². The molecule has 0 heterocycles. The molecule has 7 nitrogen and oxygen atoms in total. The summed E-state index contributed by atoms with van der Waals surface area (Å²) >= 11 is 0. The highest BCUT2D eigenvalue weighted by Gasteiger charge is 2.22. The average Bonchev–Trinajstić information content (AvgIpc) is 2.28. The van der Waals surface area contributed by atoms with Gasteiger partial charge in [-0.05, 0) is 25.2 Å². The van der Waals surface area contributed by atoms with Crippen molar-refractivity contribution in [2.75, 3.05) is 7.05 Å². The van der Waals surface area contributed by atoms with E-state index in [1.807, 2.05) is 4.72 Å². The van der Waals surface area contributed by atoms with Crippen LogP contribution in [0.1, 0.15) is 20.7 Å². The zero-order valence-corrected chi connectivity index (χ0v) is 9.48. The van der Waals surface area contributed by atoms with Crippen LogP contribution in [0.15, 0.2) is 23.1 Å². The Labute approximate surface area is 96.7 Å². The summed E-state index contributed by atoms with van der Waals surface area (Å²) in [6, 6.07) is 2.77. The summed E-state index contributed by atoms with van der Waals surface area (Å²) in [6.45, 7) is 0. The summed E-state index contributed by atoms with van der Waals surface area (Å²) in [6.07, 6.45) is 0. The van der Waals surface area contributed by atoms with Crippen molar-refractivity contribution in [3.8, 4) is 0 Å². The molecule has 0 bridgehead atoms. The van der Waals surface area contributed by atoms with E-state index in [9.17, 15) is 18.0 Å². The number of aromatic carboxylic acids is 2. The van der Waals surface area contributed by atoms with Gasteiger partial charge in [-0.25, -0.2) is 22.7 Å². The van der Waals surface area contributed by atoms with Crippen molar-refractivity contribution >= 4 is 22.0 Å². The Kier molecular flexibility index (Phi) is 3.49.